The molecule has 1 atom stereocenters. The highest BCUT2D eigenvalue weighted by atomic mass is 16.5. The number of nitrogens with zero attached hydrogens (tertiary/aromatic N) is 2. The summed E-state index contributed by atoms with van der Waals surface area (Å²) in [6.45, 7) is 5.46. The van der Waals surface area contributed by atoms with Crippen molar-refractivity contribution in [3.63, 3.8) is 0 Å². The third-order valence-electron chi connectivity index (χ3n) is 4.70. The number of hydrogen-bond acceptors (Lipinski definition) is 4. The number of carboxylic acid groups (broad SMARTS) is 1. The van der Waals surface area contributed by atoms with E-state index >= 15 is 0 Å². The molecular weight excluding hydrogens is 368 g/mol. The number of pyridine rings is 1. The van der Waals surface area contributed by atoms with E-state index in [0.29, 0.717) is 26.2 Å². The Bertz CT molecular complexity index is 920. The Hall–Kier alpha value is -3.12. The van der Waals surface area contributed by atoms with Crippen LogP contribution in [-0.2, 0) is 22.5 Å². The molecule has 6 heteroatoms. The Labute approximate surface area is 170 Å². The van der Waals surface area contributed by atoms with E-state index in [1.165, 1.54) is 0 Å². The van der Waals surface area contributed by atoms with E-state index in [1.807, 2.05) is 42.5 Å². The first-order valence-corrected chi connectivity index (χ1v) is 9.72. The van der Waals surface area contributed by atoms with Gasteiger partial charge in [-0.2, -0.15) is 0 Å². The van der Waals surface area contributed by atoms with E-state index in [0.717, 1.165) is 28.4 Å². The Balaban J connectivity index is 1.58. The number of carbonyl (C=O) groups is 1. The second-order valence-corrected chi connectivity index (χ2v) is 6.71. The van der Waals surface area contributed by atoms with Gasteiger partial charge in [0.25, 0.3) is 0 Å². The predicted molar refractivity (Wildman–Crippen MR) is 111 cm³/mol. The van der Waals surface area contributed by atoms with Crippen LogP contribution in [0.15, 0.2) is 60.8 Å². The van der Waals surface area contributed by atoms with Crippen molar-refractivity contribution in [2.24, 2.45) is 0 Å². The van der Waals surface area contributed by atoms with Gasteiger partial charge in [-0.15, -0.1) is 0 Å². The van der Waals surface area contributed by atoms with Crippen LogP contribution in [0.5, 0.6) is 5.75 Å². The molecule has 0 saturated heterocycles. The van der Waals surface area contributed by atoms with Crippen molar-refractivity contribution in [1.29, 1.82) is 0 Å². The molecule has 3 rings (SSSR count). The lowest BCUT2D eigenvalue weighted by Crippen LogP contribution is -2.26. The van der Waals surface area contributed by atoms with Gasteiger partial charge < -0.3 is 19.1 Å². The maximum absolute atomic E-state index is 11.2. The molecule has 0 radical (unpaired) electrons. The van der Waals surface area contributed by atoms with Crippen molar-refractivity contribution >= 4 is 5.97 Å². The number of ether oxygens (including phenoxy) is 2. The number of aryl methyl sites for hydroxylation is 1. The zero-order chi connectivity index (χ0) is 20.6. The minimum absolute atomic E-state index is 0.333. The lowest BCUT2D eigenvalue weighted by atomic mass is 10.1. The van der Waals surface area contributed by atoms with Crippen molar-refractivity contribution in [2.75, 3.05) is 13.2 Å². The second-order valence-electron chi connectivity index (χ2n) is 6.71. The summed E-state index contributed by atoms with van der Waals surface area (Å²) in [5, 5.41) is 9.20. The summed E-state index contributed by atoms with van der Waals surface area (Å²) < 4.78 is 13.3. The molecule has 0 aliphatic heterocycles. The van der Waals surface area contributed by atoms with Crippen LogP contribution >= 0.6 is 0 Å². The molecular formula is C23H26N2O4. The zero-order valence-electron chi connectivity index (χ0n) is 16.7. The first-order valence-electron chi connectivity index (χ1n) is 9.72. The average molecular weight is 394 g/mol. The fraction of sp³-hybridized carbons (Fsp3) is 0.304. The monoisotopic (exact) mass is 394 g/mol. The molecule has 0 amide bonds. The smallest absolute Gasteiger partial charge is 0.333 e. The standard InChI is InChI=1S/C23H26N2O4/c1-3-28-22(23(26)27)16-18-8-10-19(11-9-18)29-15-14-25-17(2)7-12-21(25)20-6-4-5-13-24-20/h4-13,22H,3,14-16H2,1-2H3,(H,26,27). The Morgan fingerprint density at radius 2 is 1.93 bits per heavy atom. The fourth-order valence-corrected chi connectivity index (χ4v) is 3.21. The van der Waals surface area contributed by atoms with E-state index in [-0.39, 0.29) is 0 Å². The SMILES string of the molecule is CCOC(Cc1ccc(OCCn2c(C)ccc2-c2ccccn2)cc1)C(=O)O. The fourth-order valence-electron chi connectivity index (χ4n) is 3.21. The van der Waals surface area contributed by atoms with Crippen LogP contribution in [0.25, 0.3) is 11.4 Å². The molecule has 0 bridgehead atoms. The number of benzene rings is 1. The lowest BCUT2D eigenvalue weighted by Gasteiger charge is -2.14. The summed E-state index contributed by atoms with van der Waals surface area (Å²) in [6, 6.07) is 17.5. The molecule has 2 aromatic heterocycles. The molecule has 3 aromatic rings. The first-order chi connectivity index (χ1) is 14.1. The van der Waals surface area contributed by atoms with Crippen LogP contribution in [0.1, 0.15) is 18.2 Å². The number of aromatic nitrogens is 2. The van der Waals surface area contributed by atoms with Crippen molar-refractivity contribution in [2.45, 2.75) is 32.9 Å². The van der Waals surface area contributed by atoms with Gasteiger partial charge in [0, 0.05) is 24.9 Å². The summed E-state index contributed by atoms with van der Waals surface area (Å²) in [7, 11) is 0. The Morgan fingerprint density at radius 3 is 2.59 bits per heavy atom. The third-order valence-corrected chi connectivity index (χ3v) is 4.70. The summed E-state index contributed by atoms with van der Waals surface area (Å²) >= 11 is 0. The van der Waals surface area contributed by atoms with E-state index < -0.39 is 12.1 Å². The Morgan fingerprint density at radius 1 is 1.14 bits per heavy atom. The van der Waals surface area contributed by atoms with E-state index in [1.54, 1.807) is 13.1 Å². The quantitative estimate of drug-likeness (QED) is 0.563. The first kappa shape index (κ1) is 20.6. The third kappa shape index (κ3) is 5.45. The van der Waals surface area contributed by atoms with Crippen molar-refractivity contribution in [3.05, 3.63) is 72.1 Å². The highest BCUT2D eigenvalue weighted by Gasteiger charge is 2.17. The van der Waals surface area contributed by atoms with Gasteiger partial charge in [0.15, 0.2) is 6.10 Å². The van der Waals surface area contributed by atoms with Gasteiger partial charge in [-0.3, -0.25) is 4.98 Å². The van der Waals surface area contributed by atoms with Gasteiger partial charge in [-0.25, -0.2) is 4.79 Å². The van der Waals surface area contributed by atoms with E-state index in [4.69, 9.17) is 9.47 Å². The highest BCUT2D eigenvalue weighted by Crippen LogP contribution is 2.21. The molecule has 1 N–H and O–H groups in total. The van der Waals surface area contributed by atoms with Crippen molar-refractivity contribution < 1.29 is 19.4 Å². The predicted octanol–water partition coefficient (Wildman–Crippen LogP) is 3.97. The molecule has 1 aromatic carbocycles. The molecule has 0 saturated carbocycles. The Kier molecular flexibility index (Phi) is 7.03. The van der Waals surface area contributed by atoms with Gasteiger partial charge in [-0.05, 0) is 55.8 Å². The number of carboxylic acids is 1. The van der Waals surface area contributed by atoms with Gasteiger partial charge in [0.05, 0.1) is 17.9 Å². The van der Waals surface area contributed by atoms with Crippen molar-refractivity contribution in [3.8, 4) is 17.1 Å². The lowest BCUT2D eigenvalue weighted by molar-refractivity contribution is -0.149. The summed E-state index contributed by atoms with van der Waals surface area (Å²) in [6.07, 6.45) is 1.30. The summed E-state index contributed by atoms with van der Waals surface area (Å²) in [4.78, 5) is 15.6. The van der Waals surface area contributed by atoms with E-state index in [2.05, 4.69) is 28.6 Å². The normalized spacial score (nSPS) is 11.9. The van der Waals surface area contributed by atoms with Crippen LogP contribution < -0.4 is 4.74 Å². The molecule has 0 spiro atoms. The molecule has 1 unspecified atom stereocenters. The summed E-state index contributed by atoms with van der Waals surface area (Å²) in [5.74, 6) is -0.195. The highest BCUT2D eigenvalue weighted by molar-refractivity contribution is 5.72. The second kappa shape index (κ2) is 9.89. The molecule has 152 valence electrons. The van der Waals surface area contributed by atoms with Crippen LogP contribution in [0.2, 0.25) is 0 Å². The minimum Gasteiger partial charge on any atom is -0.492 e. The molecule has 0 fully saturated rings. The molecule has 6 nitrogen and oxygen atoms in total. The van der Waals surface area contributed by atoms with Crippen LogP contribution in [-0.4, -0.2) is 39.9 Å². The maximum atomic E-state index is 11.2. The summed E-state index contributed by atoms with van der Waals surface area (Å²) in [5.41, 5.74) is 4.06. The van der Waals surface area contributed by atoms with Gasteiger partial charge in [0.1, 0.15) is 12.4 Å². The van der Waals surface area contributed by atoms with Gasteiger partial charge >= 0.3 is 5.97 Å². The maximum Gasteiger partial charge on any atom is 0.333 e. The number of rotatable bonds is 10. The molecule has 0 aliphatic rings. The average Bonchev–Trinajstić information content (AvgIpc) is 3.10. The van der Waals surface area contributed by atoms with Crippen LogP contribution in [0, 0.1) is 6.92 Å². The molecule has 2 heterocycles. The molecule has 29 heavy (non-hydrogen) atoms. The van der Waals surface area contributed by atoms with E-state index in [9.17, 15) is 9.90 Å². The van der Waals surface area contributed by atoms with Gasteiger partial charge in [0.2, 0.25) is 0 Å². The van der Waals surface area contributed by atoms with Crippen molar-refractivity contribution in [1.82, 2.24) is 9.55 Å². The van der Waals surface area contributed by atoms with Crippen LogP contribution in [0.3, 0.4) is 0 Å². The topological polar surface area (TPSA) is 73.6 Å². The minimum atomic E-state index is -0.946. The number of aliphatic carboxylic acids is 1. The molecule has 0 aliphatic carbocycles. The van der Waals surface area contributed by atoms with Crippen LogP contribution in [0.4, 0.5) is 0 Å². The zero-order valence-corrected chi connectivity index (χ0v) is 16.7. The number of hydrogen-bond donors (Lipinski definition) is 1. The largest absolute Gasteiger partial charge is 0.492 e. The van der Waals surface area contributed by atoms with Gasteiger partial charge in [-0.1, -0.05) is 18.2 Å².